The number of benzene rings is 3. The third-order valence-electron chi connectivity index (χ3n) is 12.3. The van der Waals surface area contributed by atoms with E-state index < -0.39 is 11.8 Å². The Kier molecular flexibility index (Phi) is 9.29. The molecule has 5 aromatic rings. The van der Waals surface area contributed by atoms with Crippen molar-refractivity contribution < 1.29 is 14.3 Å². The number of ether oxygens (including phenoxy) is 1. The number of aromatic nitrogens is 4. The van der Waals surface area contributed by atoms with E-state index in [9.17, 15) is 9.59 Å². The van der Waals surface area contributed by atoms with E-state index in [4.69, 9.17) is 14.7 Å². The Hall–Kier alpha value is -4.74. The Bertz CT molecular complexity index is 2200. The van der Waals surface area contributed by atoms with E-state index in [2.05, 4.69) is 115 Å². The molecule has 0 saturated carbocycles. The molecule has 2 fully saturated rings. The minimum absolute atomic E-state index is 0.0433. The van der Waals surface area contributed by atoms with Gasteiger partial charge in [0.25, 0.3) is 0 Å². The summed E-state index contributed by atoms with van der Waals surface area (Å²) in [5.41, 5.74) is 7.89. The van der Waals surface area contributed by atoms with Crippen LogP contribution in [-0.2, 0) is 15.2 Å². The fraction of sp³-hybridized carbons (Fsp3) is 0.488. The maximum Gasteiger partial charge on any atom is 0.407 e. The molecular weight excluding hydrogens is 677 g/mol. The van der Waals surface area contributed by atoms with Crippen molar-refractivity contribution >= 4 is 34.1 Å². The van der Waals surface area contributed by atoms with Gasteiger partial charge in [0, 0.05) is 13.1 Å². The number of fused-ring (bicyclic) bond motifs is 6. The number of carbonyl (C=O) groups excluding carboxylic acids is 2. The first-order valence-corrected chi connectivity index (χ1v) is 19.6. The van der Waals surface area contributed by atoms with E-state index in [1.54, 1.807) is 0 Å². The van der Waals surface area contributed by atoms with Crippen LogP contribution in [0.1, 0.15) is 84.0 Å². The molecule has 2 N–H and O–H groups in total. The number of carbonyl (C=O) groups is 2. The number of methoxy groups -OCH3 is 1. The molecule has 0 aliphatic carbocycles. The number of hydrogen-bond donors (Lipinski definition) is 2. The zero-order valence-corrected chi connectivity index (χ0v) is 32.9. The number of H-pyrrole nitrogens is 1. The van der Waals surface area contributed by atoms with Crippen LogP contribution < -0.4 is 5.32 Å². The van der Waals surface area contributed by atoms with Gasteiger partial charge in [0.15, 0.2) is 0 Å². The number of aromatic amines is 1. The largest absolute Gasteiger partial charge is 0.453 e. The zero-order chi connectivity index (χ0) is 38.1. The number of likely N-dealkylation sites (N-methyl/N-ethyl adjacent to an activating group) is 1. The van der Waals surface area contributed by atoms with Gasteiger partial charge in [-0.2, -0.15) is 0 Å². The van der Waals surface area contributed by atoms with E-state index in [0.29, 0.717) is 0 Å². The number of hydrogen-bond acceptors (Lipinski definition) is 7. The Morgan fingerprint density at radius 2 is 1.48 bits per heavy atom. The highest BCUT2D eigenvalue weighted by Gasteiger charge is 2.56. The van der Waals surface area contributed by atoms with Gasteiger partial charge in [0.1, 0.15) is 17.3 Å². The van der Waals surface area contributed by atoms with Crippen molar-refractivity contribution in [2.75, 3.05) is 34.3 Å². The van der Waals surface area contributed by atoms with Gasteiger partial charge in [-0.15, -0.1) is 0 Å². The Morgan fingerprint density at radius 1 is 0.852 bits per heavy atom. The smallest absolute Gasteiger partial charge is 0.407 e. The van der Waals surface area contributed by atoms with Crippen molar-refractivity contribution in [2.45, 2.75) is 90.1 Å². The summed E-state index contributed by atoms with van der Waals surface area (Å²) in [6.45, 7) is 12.5. The lowest BCUT2D eigenvalue weighted by molar-refractivity contribution is -0.138. The summed E-state index contributed by atoms with van der Waals surface area (Å²) in [5, 5.41) is 3.19. The Morgan fingerprint density at radius 3 is 2.13 bits per heavy atom. The monoisotopic (exact) mass is 730 g/mol. The topological polar surface area (TPSA) is 112 Å². The molecule has 2 saturated heterocycles. The van der Waals surface area contributed by atoms with Gasteiger partial charge in [-0.25, -0.2) is 14.8 Å². The highest BCUT2D eigenvalue weighted by Crippen LogP contribution is 2.51. The van der Waals surface area contributed by atoms with Gasteiger partial charge >= 0.3 is 6.09 Å². The summed E-state index contributed by atoms with van der Waals surface area (Å²) in [4.78, 5) is 46.7. The van der Waals surface area contributed by atoms with Gasteiger partial charge in [-0.05, 0) is 105 Å². The molecular formula is C43H54N8O3. The van der Waals surface area contributed by atoms with Crippen LogP contribution in [0.25, 0.3) is 44.3 Å². The Balaban J connectivity index is 1.08. The summed E-state index contributed by atoms with van der Waals surface area (Å²) < 4.78 is 7.48. The molecule has 3 aromatic carbocycles. The maximum atomic E-state index is 13.7. The second-order valence-corrected chi connectivity index (χ2v) is 16.6. The normalized spacial score (nSPS) is 22.5. The van der Waals surface area contributed by atoms with Crippen molar-refractivity contribution in [2.24, 2.45) is 11.8 Å². The molecule has 0 spiro atoms. The second-order valence-electron chi connectivity index (χ2n) is 16.6. The number of alkyl carbamates (subject to hydrolysis) is 1. The molecule has 2 aromatic heterocycles. The number of amides is 2. The van der Waals surface area contributed by atoms with E-state index in [1.807, 2.05) is 23.9 Å². The molecule has 3 aliphatic heterocycles. The first-order chi connectivity index (χ1) is 25.9. The first-order valence-electron chi connectivity index (χ1n) is 19.6. The van der Waals surface area contributed by atoms with Crippen molar-refractivity contribution in [1.29, 1.82) is 0 Å². The average Bonchev–Trinajstić information content (AvgIpc) is 3.98. The average molecular weight is 731 g/mol. The number of likely N-dealkylation sites (tertiary alicyclic amines) is 1. The molecule has 0 radical (unpaired) electrons. The Labute approximate surface area is 318 Å². The fourth-order valence-electron chi connectivity index (χ4n) is 9.93. The SMILES string of the molecule is COC(=O)N[C@@H](C(C)C)C1(C)N2CCC[C@H]2c2nc3ccc(-c4ccc(-c5ccc6nc([C@@H]7CCCN7C(=O)[C@@H](C(C)C)N(C)C)[nH]c6c5)cc4)cc3n21. The number of imidazole rings is 2. The third-order valence-corrected chi connectivity index (χ3v) is 12.3. The van der Waals surface area contributed by atoms with E-state index in [-0.39, 0.29) is 41.9 Å². The molecule has 284 valence electrons. The fourth-order valence-corrected chi connectivity index (χ4v) is 9.93. The summed E-state index contributed by atoms with van der Waals surface area (Å²) >= 11 is 0. The van der Waals surface area contributed by atoms with Crippen molar-refractivity contribution in [3.63, 3.8) is 0 Å². The predicted octanol–water partition coefficient (Wildman–Crippen LogP) is 7.70. The lowest BCUT2D eigenvalue weighted by atomic mass is 9.90. The van der Waals surface area contributed by atoms with Gasteiger partial charge in [-0.1, -0.05) is 64.1 Å². The lowest BCUT2D eigenvalue weighted by Crippen LogP contribution is -2.60. The van der Waals surface area contributed by atoms with Crippen LogP contribution >= 0.6 is 0 Å². The highest BCUT2D eigenvalue weighted by molar-refractivity contribution is 5.86. The molecule has 11 nitrogen and oxygen atoms in total. The molecule has 3 aliphatic rings. The summed E-state index contributed by atoms with van der Waals surface area (Å²) in [6, 6.07) is 21.5. The molecule has 5 atom stereocenters. The van der Waals surface area contributed by atoms with Gasteiger partial charge in [0.2, 0.25) is 5.91 Å². The van der Waals surface area contributed by atoms with E-state index >= 15 is 0 Å². The summed E-state index contributed by atoms with van der Waals surface area (Å²) in [6.07, 6.45) is 3.63. The van der Waals surface area contributed by atoms with Gasteiger partial charge in [-0.3, -0.25) is 14.6 Å². The van der Waals surface area contributed by atoms with Crippen LogP contribution in [0.3, 0.4) is 0 Å². The van der Waals surface area contributed by atoms with Crippen molar-refractivity contribution in [1.82, 2.24) is 39.5 Å². The third kappa shape index (κ3) is 5.87. The molecule has 5 heterocycles. The number of rotatable bonds is 9. The zero-order valence-electron chi connectivity index (χ0n) is 32.9. The second kappa shape index (κ2) is 13.8. The van der Waals surface area contributed by atoms with Gasteiger partial charge in [0.05, 0.1) is 53.3 Å². The van der Waals surface area contributed by atoms with Gasteiger partial charge < -0.3 is 24.5 Å². The van der Waals surface area contributed by atoms with Crippen LogP contribution in [0.15, 0.2) is 60.7 Å². The van der Waals surface area contributed by atoms with Crippen molar-refractivity contribution in [3.8, 4) is 22.3 Å². The number of nitrogens with one attached hydrogen (secondary N) is 2. The minimum atomic E-state index is -0.504. The summed E-state index contributed by atoms with van der Waals surface area (Å²) in [5.74, 6) is 2.51. The maximum absolute atomic E-state index is 13.7. The van der Waals surface area contributed by atoms with Crippen LogP contribution in [0, 0.1) is 11.8 Å². The molecule has 0 bridgehead atoms. The molecule has 1 unspecified atom stereocenters. The van der Waals surface area contributed by atoms with Crippen molar-refractivity contribution in [3.05, 3.63) is 72.3 Å². The predicted molar refractivity (Wildman–Crippen MR) is 213 cm³/mol. The van der Waals surface area contributed by atoms with Crippen LogP contribution in [0.5, 0.6) is 0 Å². The first kappa shape index (κ1) is 36.2. The number of nitrogens with zero attached hydrogens (tertiary/aromatic N) is 6. The molecule has 2 amide bonds. The highest BCUT2D eigenvalue weighted by atomic mass is 16.5. The molecule has 54 heavy (non-hydrogen) atoms. The lowest BCUT2D eigenvalue weighted by Gasteiger charge is -2.44. The van der Waals surface area contributed by atoms with Crippen LogP contribution in [0.2, 0.25) is 0 Å². The van der Waals surface area contributed by atoms with E-state index in [1.165, 1.54) is 7.11 Å². The summed E-state index contributed by atoms with van der Waals surface area (Å²) in [7, 11) is 5.40. The molecule has 11 heteroatoms. The van der Waals surface area contributed by atoms with Crippen LogP contribution in [-0.4, -0.2) is 92.6 Å². The quantitative estimate of drug-likeness (QED) is 0.160. The van der Waals surface area contributed by atoms with Crippen LogP contribution in [0.4, 0.5) is 4.79 Å². The minimum Gasteiger partial charge on any atom is -0.453 e. The van der Waals surface area contributed by atoms with E-state index in [0.717, 1.165) is 94.7 Å². The standard InChI is InChI=1S/C43H54N8O3/c1-25(2)37(48(6)7)41(52)49-21-9-11-34(49)39-44-31-19-17-29(23-33(31)45-39)27-13-15-28(16-14-27)30-18-20-32-36(24-30)51-40(46-32)35-12-10-22-50(35)43(51,5)38(26(3)4)47-42(53)54-8/h13-20,23-26,34-35,37-38H,9-12,21-22H2,1-8H3,(H,44,45)(H,47,53)/t34-,35-,37+,38-,43?/m0/s1. The molecule has 8 rings (SSSR count).